The van der Waals surface area contributed by atoms with Crippen LogP contribution in [0.5, 0.6) is 0 Å². The van der Waals surface area contributed by atoms with Gasteiger partial charge >= 0.3 is 6.09 Å². The lowest BCUT2D eigenvalue weighted by Crippen LogP contribution is -2.61. The van der Waals surface area contributed by atoms with E-state index in [4.69, 9.17) is 4.74 Å². The van der Waals surface area contributed by atoms with Crippen LogP contribution in [0, 0.1) is 0 Å². The third-order valence-electron chi connectivity index (χ3n) is 7.19. The van der Waals surface area contributed by atoms with Crippen LogP contribution in [0.2, 0.25) is 0 Å². The highest BCUT2D eigenvalue weighted by molar-refractivity contribution is 7.88. The molecule has 40 heavy (non-hydrogen) atoms. The maximum Gasteiger partial charge on any atom is 0.410 e. The van der Waals surface area contributed by atoms with Crippen LogP contribution >= 0.6 is 0 Å². The zero-order valence-corrected chi connectivity index (χ0v) is 24.7. The molecule has 0 N–H and O–H groups in total. The smallest absolute Gasteiger partial charge is 0.410 e. The zero-order valence-electron chi connectivity index (χ0n) is 23.9. The average Bonchev–Trinajstić information content (AvgIpc) is 2.90. The third kappa shape index (κ3) is 7.40. The summed E-state index contributed by atoms with van der Waals surface area (Å²) < 4.78 is 31.9. The molecule has 0 saturated carbocycles. The minimum Gasteiger partial charge on any atom is -0.444 e. The van der Waals surface area contributed by atoms with E-state index in [-0.39, 0.29) is 31.6 Å². The predicted octanol–water partition coefficient (Wildman–Crippen LogP) is 4.33. The van der Waals surface area contributed by atoms with Gasteiger partial charge in [-0.15, -0.1) is 0 Å². The molecule has 3 aromatic rings. The lowest BCUT2D eigenvalue weighted by Gasteiger charge is -2.43. The summed E-state index contributed by atoms with van der Waals surface area (Å²) in [5.74, 6) is -0.226. The van der Waals surface area contributed by atoms with Gasteiger partial charge in [0.1, 0.15) is 11.6 Å². The highest BCUT2D eigenvalue weighted by Gasteiger charge is 2.39. The molecule has 0 aromatic heterocycles. The molecule has 0 radical (unpaired) electrons. The normalized spacial score (nSPS) is 17.4. The topological polar surface area (TPSA) is 87.2 Å². The molecule has 0 aliphatic carbocycles. The molecular weight excluding hydrogens is 526 g/mol. The van der Waals surface area contributed by atoms with E-state index in [1.165, 1.54) is 15.5 Å². The zero-order chi connectivity index (χ0) is 29.1. The van der Waals surface area contributed by atoms with E-state index in [2.05, 4.69) is 0 Å². The van der Waals surface area contributed by atoms with E-state index in [0.717, 1.165) is 21.9 Å². The molecule has 214 valence electrons. The van der Waals surface area contributed by atoms with Crippen molar-refractivity contribution in [2.75, 3.05) is 32.9 Å². The summed E-state index contributed by atoms with van der Waals surface area (Å²) in [6.45, 7) is 6.00. The molecule has 2 atom stereocenters. The molecule has 1 aliphatic rings. The van der Waals surface area contributed by atoms with Gasteiger partial charge in [-0.2, -0.15) is 4.31 Å². The Balaban J connectivity index is 1.67. The molecule has 1 fully saturated rings. The standard InChI is InChI=1S/C31H39N3O5S/c1-31(2,3)39-30(36)32(4)28(21-24-15-16-25-13-9-10-14-26(25)19-24)29(35)34-18-17-33(40(5,37)38)22-27(34)20-23-11-7-6-8-12-23/h6-16,19,27-28H,17-18,20-22H2,1-5H3/t27-,28-/m1/s1. The lowest BCUT2D eigenvalue weighted by atomic mass is 9.98. The molecule has 8 nitrogen and oxygen atoms in total. The van der Waals surface area contributed by atoms with E-state index in [0.29, 0.717) is 12.8 Å². The van der Waals surface area contributed by atoms with Gasteiger partial charge in [0.2, 0.25) is 15.9 Å². The molecule has 9 heteroatoms. The van der Waals surface area contributed by atoms with E-state index >= 15 is 0 Å². The van der Waals surface area contributed by atoms with Crippen molar-refractivity contribution in [1.29, 1.82) is 0 Å². The second-order valence-electron chi connectivity index (χ2n) is 11.5. The van der Waals surface area contributed by atoms with Gasteiger partial charge in [0, 0.05) is 39.1 Å². The van der Waals surface area contributed by atoms with E-state index in [9.17, 15) is 18.0 Å². The Hall–Kier alpha value is -3.43. The number of amides is 2. The number of fused-ring (bicyclic) bond motifs is 1. The molecule has 1 heterocycles. The van der Waals surface area contributed by atoms with E-state index in [1.807, 2.05) is 72.8 Å². The second kappa shape index (κ2) is 12.0. The quantitative estimate of drug-likeness (QED) is 0.426. The fourth-order valence-corrected chi connectivity index (χ4v) is 5.97. The van der Waals surface area contributed by atoms with Crippen molar-refractivity contribution in [2.24, 2.45) is 0 Å². The van der Waals surface area contributed by atoms with Crippen molar-refractivity contribution in [3.8, 4) is 0 Å². The van der Waals surface area contributed by atoms with Crippen LogP contribution in [0.4, 0.5) is 4.79 Å². The van der Waals surface area contributed by atoms with Gasteiger partial charge in [-0.3, -0.25) is 9.69 Å². The molecule has 3 aromatic carbocycles. The van der Waals surface area contributed by atoms with Crippen LogP contribution in [-0.4, -0.2) is 85.1 Å². The molecule has 2 amide bonds. The predicted molar refractivity (Wildman–Crippen MR) is 158 cm³/mol. The van der Waals surface area contributed by atoms with E-state index in [1.54, 1.807) is 32.7 Å². The van der Waals surface area contributed by atoms with Crippen LogP contribution in [0.25, 0.3) is 10.8 Å². The largest absolute Gasteiger partial charge is 0.444 e. The van der Waals surface area contributed by atoms with Crippen LogP contribution < -0.4 is 0 Å². The molecule has 4 rings (SSSR count). The number of carbonyl (C=O) groups excluding carboxylic acids is 2. The highest BCUT2D eigenvalue weighted by atomic mass is 32.2. The minimum atomic E-state index is -3.43. The maximum absolute atomic E-state index is 14.3. The van der Waals surface area contributed by atoms with Crippen molar-refractivity contribution < 1.29 is 22.7 Å². The average molecular weight is 566 g/mol. The molecule has 1 saturated heterocycles. The Kier molecular flexibility index (Phi) is 8.85. The first-order valence-corrected chi connectivity index (χ1v) is 15.4. The summed E-state index contributed by atoms with van der Waals surface area (Å²) in [4.78, 5) is 30.7. The Morgan fingerprint density at radius 2 is 1.60 bits per heavy atom. The molecule has 1 aliphatic heterocycles. The van der Waals surface area contributed by atoms with Crippen molar-refractivity contribution >= 4 is 32.8 Å². The van der Waals surface area contributed by atoms with Crippen LogP contribution in [0.3, 0.4) is 0 Å². The van der Waals surface area contributed by atoms with Gasteiger partial charge < -0.3 is 9.64 Å². The first-order valence-electron chi connectivity index (χ1n) is 13.5. The van der Waals surface area contributed by atoms with Gasteiger partial charge in [0.05, 0.1) is 6.26 Å². The third-order valence-corrected chi connectivity index (χ3v) is 8.46. The van der Waals surface area contributed by atoms with Crippen molar-refractivity contribution in [2.45, 2.75) is 51.3 Å². The SMILES string of the molecule is CN(C(=O)OC(C)(C)C)[C@H](Cc1ccc2ccccc2c1)C(=O)N1CCN(S(C)(=O)=O)C[C@H]1Cc1ccccc1. The summed E-state index contributed by atoms with van der Waals surface area (Å²) in [5, 5.41) is 2.14. The summed E-state index contributed by atoms with van der Waals surface area (Å²) >= 11 is 0. The number of benzene rings is 3. The number of hydrogen-bond donors (Lipinski definition) is 0. The Labute approximate surface area is 237 Å². The molecule has 0 spiro atoms. The number of likely N-dealkylation sites (N-methyl/N-ethyl adjacent to an activating group) is 1. The van der Waals surface area contributed by atoms with Crippen LogP contribution in [0.1, 0.15) is 31.9 Å². The summed E-state index contributed by atoms with van der Waals surface area (Å²) in [5.41, 5.74) is 1.20. The number of sulfonamides is 1. The van der Waals surface area contributed by atoms with Gasteiger partial charge in [0.25, 0.3) is 0 Å². The fraction of sp³-hybridized carbons (Fsp3) is 0.419. The number of hydrogen-bond acceptors (Lipinski definition) is 5. The van der Waals surface area contributed by atoms with Gasteiger partial charge in [0.15, 0.2) is 0 Å². The van der Waals surface area contributed by atoms with Gasteiger partial charge in [-0.25, -0.2) is 13.2 Å². The number of piperazine rings is 1. The summed E-state index contributed by atoms with van der Waals surface area (Å²) in [7, 11) is -1.84. The molecule has 0 bridgehead atoms. The number of rotatable bonds is 7. The molecule has 0 unspecified atom stereocenters. The highest BCUT2D eigenvalue weighted by Crippen LogP contribution is 2.23. The molecular formula is C31H39N3O5S. The monoisotopic (exact) mass is 565 g/mol. The Morgan fingerprint density at radius 1 is 0.950 bits per heavy atom. The summed E-state index contributed by atoms with van der Waals surface area (Å²) in [6, 6.07) is 22.5. The fourth-order valence-electron chi connectivity index (χ4n) is 5.11. The van der Waals surface area contributed by atoms with Crippen molar-refractivity contribution in [1.82, 2.24) is 14.1 Å². The number of ether oxygens (including phenoxy) is 1. The maximum atomic E-state index is 14.3. The van der Waals surface area contributed by atoms with Crippen molar-refractivity contribution in [3.05, 3.63) is 83.9 Å². The van der Waals surface area contributed by atoms with Crippen LogP contribution in [-0.2, 0) is 32.4 Å². The minimum absolute atomic E-state index is 0.193. The number of nitrogens with zero attached hydrogens (tertiary/aromatic N) is 3. The first-order chi connectivity index (χ1) is 18.8. The van der Waals surface area contributed by atoms with E-state index < -0.39 is 27.8 Å². The summed E-state index contributed by atoms with van der Waals surface area (Å²) in [6.07, 6.45) is 1.41. The number of carbonyl (C=O) groups is 2. The van der Waals surface area contributed by atoms with Crippen LogP contribution in [0.15, 0.2) is 72.8 Å². The second-order valence-corrected chi connectivity index (χ2v) is 13.5. The Morgan fingerprint density at radius 3 is 2.25 bits per heavy atom. The van der Waals surface area contributed by atoms with Gasteiger partial charge in [-0.1, -0.05) is 72.8 Å². The van der Waals surface area contributed by atoms with Crippen molar-refractivity contribution in [3.63, 3.8) is 0 Å². The first kappa shape index (κ1) is 29.6. The van der Waals surface area contributed by atoms with Gasteiger partial charge in [-0.05, 0) is 49.1 Å². The lowest BCUT2D eigenvalue weighted by molar-refractivity contribution is -0.140. The Bertz CT molecular complexity index is 1450.